The molecule has 3 N–H and O–H groups in total. The summed E-state index contributed by atoms with van der Waals surface area (Å²) in [5, 5.41) is 7.65. The van der Waals surface area contributed by atoms with Crippen molar-refractivity contribution in [2.45, 2.75) is 38.6 Å². The summed E-state index contributed by atoms with van der Waals surface area (Å²) in [4.78, 5) is 30.0. The lowest BCUT2D eigenvalue weighted by Crippen LogP contribution is -2.35. The maximum Gasteiger partial charge on any atom is 0.252 e. The Labute approximate surface area is 223 Å². The van der Waals surface area contributed by atoms with Gasteiger partial charge in [0.15, 0.2) is 5.82 Å². The number of aromatic nitrogens is 2. The van der Waals surface area contributed by atoms with Gasteiger partial charge in [0.05, 0.1) is 5.56 Å². The van der Waals surface area contributed by atoms with Gasteiger partial charge in [-0.3, -0.25) is 9.59 Å². The quantitative estimate of drug-likeness (QED) is 0.296. The highest BCUT2D eigenvalue weighted by Gasteiger charge is 2.50. The van der Waals surface area contributed by atoms with E-state index < -0.39 is 11.4 Å². The molecule has 1 fully saturated rings. The van der Waals surface area contributed by atoms with E-state index in [1.807, 2.05) is 31.2 Å². The number of nitrogens with two attached hydrogens (primary N) is 1. The van der Waals surface area contributed by atoms with Crippen molar-refractivity contribution < 1.29 is 22.9 Å². The maximum absolute atomic E-state index is 13.3. The first-order chi connectivity index (χ1) is 18.7. The van der Waals surface area contributed by atoms with Crippen LogP contribution >= 0.6 is 0 Å². The number of amides is 2. The number of nitrogens with zero attached hydrogens (tertiary/aromatic N) is 2. The van der Waals surface area contributed by atoms with Crippen LogP contribution in [0.25, 0.3) is 22.1 Å². The molecule has 2 aromatic heterocycles. The first-order valence-electron chi connectivity index (χ1n) is 12.6. The lowest BCUT2D eigenvalue weighted by molar-refractivity contribution is 0.0927. The topological polar surface area (TPSA) is 124 Å². The number of hydrogen-bond acceptors (Lipinski definition) is 6. The zero-order valence-corrected chi connectivity index (χ0v) is 21.4. The normalized spacial score (nSPS) is 13.9. The van der Waals surface area contributed by atoms with Crippen LogP contribution < -0.4 is 11.1 Å². The van der Waals surface area contributed by atoms with Crippen LogP contribution in [0, 0.1) is 19.7 Å². The molecule has 0 atom stereocenters. The number of hydrogen-bond donors (Lipinski definition) is 2. The molecule has 0 spiro atoms. The van der Waals surface area contributed by atoms with E-state index in [-0.39, 0.29) is 17.3 Å². The van der Waals surface area contributed by atoms with Gasteiger partial charge in [-0.2, -0.15) is 4.98 Å². The average Bonchev–Trinajstić information content (AvgIpc) is 3.39. The molecule has 0 bridgehead atoms. The molecule has 5 aromatic rings. The van der Waals surface area contributed by atoms with Gasteiger partial charge < -0.3 is 20.0 Å². The highest BCUT2D eigenvalue weighted by molar-refractivity contribution is 6.07. The van der Waals surface area contributed by atoms with Crippen LogP contribution in [-0.4, -0.2) is 22.0 Å². The van der Waals surface area contributed by atoms with E-state index in [2.05, 4.69) is 15.5 Å². The van der Waals surface area contributed by atoms with E-state index >= 15 is 0 Å². The Bertz CT molecular complexity index is 1750. The molecule has 2 heterocycles. The monoisotopic (exact) mass is 524 g/mol. The molecule has 1 aliphatic carbocycles. The number of nitrogens with one attached hydrogen (secondary N) is 1. The van der Waals surface area contributed by atoms with E-state index in [1.165, 1.54) is 12.1 Å². The number of primary amides is 1. The van der Waals surface area contributed by atoms with E-state index in [4.69, 9.17) is 14.7 Å². The first-order valence-corrected chi connectivity index (χ1v) is 12.6. The lowest BCUT2D eigenvalue weighted by atomic mass is 9.95. The van der Waals surface area contributed by atoms with Crippen LogP contribution in [0.15, 0.2) is 69.6 Å². The molecule has 1 aliphatic rings. The number of rotatable bonds is 7. The Morgan fingerprint density at radius 1 is 1.05 bits per heavy atom. The predicted molar refractivity (Wildman–Crippen MR) is 142 cm³/mol. The third kappa shape index (κ3) is 4.56. The van der Waals surface area contributed by atoms with E-state index in [0.29, 0.717) is 40.4 Å². The van der Waals surface area contributed by atoms with Crippen molar-refractivity contribution in [1.82, 2.24) is 15.5 Å². The van der Waals surface area contributed by atoms with Crippen LogP contribution in [0.1, 0.15) is 62.2 Å². The Hall–Kier alpha value is -4.79. The lowest BCUT2D eigenvalue weighted by Gasteiger charge is -2.15. The van der Waals surface area contributed by atoms with E-state index in [9.17, 15) is 14.0 Å². The molecule has 0 unspecified atom stereocenters. The summed E-state index contributed by atoms with van der Waals surface area (Å²) in [6.45, 7) is 3.67. The zero-order valence-electron chi connectivity index (χ0n) is 21.4. The van der Waals surface area contributed by atoms with Crippen LogP contribution in [0.5, 0.6) is 0 Å². The van der Waals surface area contributed by atoms with Gasteiger partial charge in [0, 0.05) is 24.3 Å². The summed E-state index contributed by atoms with van der Waals surface area (Å²) >= 11 is 0. The van der Waals surface area contributed by atoms with Crippen molar-refractivity contribution in [3.8, 4) is 11.1 Å². The smallest absolute Gasteiger partial charge is 0.252 e. The number of fused-ring (bicyclic) bond motifs is 1. The Morgan fingerprint density at radius 2 is 1.82 bits per heavy atom. The standard InChI is InChI=1S/C30H25FN4O4/c1-16-3-6-20(28(37)34-30(11-12-30)29-33-17(2)39-35-29)15-22(16)19-7-10-24-23(14-19)26(27(32)36)25(38-24)13-18-4-8-21(31)9-5-18/h3-10,14-15H,11-13H2,1-2H3,(H2,32,36)(H,34,37). The van der Waals surface area contributed by atoms with Crippen molar-refractivity contribution in [3.63, 3.8) is 0 Å². The minimum absolute atomic E-state index is 0.236. The molecule has 0 saturated heterocycles. The van der Waals surface area contributed by atoms with Gasteiger partial charge in [0.25, 0.3) is 11.8 Å². The second kappa shape index (κ2) is 9.20. The number of benzene rings is 3. The molecule has 1 saturated carbocycles. The molecular formula is C30H25FN4O4. The Balaban J connectivity index is 1.33. The number of carbonyl (C=O) groups excluding carboxylic acids is 2. The van der Waals surface area contributed by atoms with Crippen molar-refractivity contribution in [2.24, 2.45) is 5.73 Å². The van der Waals surface area contributed by atoms with Gasteiger partial charge in [0.1, 0.15) is 22.7 Å². The molecular weight excluding hydrogens is 499 g/mol. The average molecular weight is 525 g/mol. The molecule has 0 radical (unpaired) electrons. The molecule has 9 heteroatoms. The number of aryl methyl sites for hydroxylation is 2. The fraction of sp³-hybridized carbons (Fsp3) is 0.200. The summed E-state index contributed by atoms with van der Waals surface area (Å²) < 4.78 is 24.5. The second-order valence-electron chi connectivity index (χ2n) is 9.98. The molecule has 196 valence electrons. The summed E-state index contributed by atoms with van der Waals surface area (Å²) in [5.41, 5.74) is 9.84. The largest absolute Gasteiger partial charge is 0.460 e. The number of carbonyl (C=O) groups is 2. The third-order valence-electron chi connectivity index (χ3n) is 7.15. The summed E-state index contributed by atoms with van der Waals surface area (Å²) in [7, 11) is 0. The first kappa shape index (κ1) is 24.5. The van der Waals surface area contributed by atoms with E-state index in [0.717, 1.165) is 35.1 Å². The van der Waals surface area contributed by atoms with Crippen LogP contribution in [0.2, 0.25) is 0 Å². The van der Waals surface area contributed by atoms with Crippen LogP contribution in [0.3, 0.4) is 0 Å². The predicted octanol–water partition coefficient (Wildman–Crippen LogP) is 5.35. The Morgan fingerprint density at radius 3 is 2.49 bits per heavy atom. The summed E-state index contributed by atoms with van der Waals surface area (Å²) in [6.07, 6.45) is 1.77. The molecule has 2 amide bonds. The molecule has 8 nitrogen and oxygen atoms in total. The highest BCUT2D eigenvalue weighted by atomic mass is 19.1. The maximum atomic E-state index is 13.3. The molecule has 6 rings (SSSR count). The van der Waals surface area contributed by atoms with Gasteiger partial charge in [-0.05, 0) is 78.4 Å². The highest BCUT2D eigenvalue weighted by Crippen LogP contribution is 2.44. The fourth-order valence-electron chi connectivity index (χ4n) is 4.88. The zero-order chi connectivity index (χ0) is 27.3. The minimum Gasteiger partial charge on any atom is -0.460 e. The fourth-order valence-corrected chi connectivity index (χ4v) is 4.88. The van der Waals surface area contributed by atoms with Gasteiger partial charge in [-0.25, -0.2) is 4.39 Å². The number of halogens is 1. The second-order valence-corrected chi connectivity index (χ2v) is 9.98. The SMILES string of the molecule is Cc1nc(C2(NC(=O)c3ccc(C)c(-c4ccc5oc(Cc6ccc(F)cc6)c(C(N)=O)c5c4)c3)CC2)no1. The van der Waals surface area contributed by atoms with Crippen LogP contribution in [0.4, 0.5) is 4.39 Å². The summed E-state index contributed by atoms with van der Waals surface area (Å²) in [6, 6.07) is 17.0. The molecule has 0 aliphatic heterocycles. The Kier molecular flexibility index (Phi) is 5.79. The number of furan rings is 1. The van der Waals surface area contributed by atoms with Crippen molar-refractivity contribution >= 4 is 22.8 Å². The van der Waals surface area contributed by atoms with Gasteiger partial charge >= 0.3 is 0 Å². The van der Waals surface area contributed by atoms with Crippen LogP contribution in [-0.2, 0) is 12.0 Å². The van der Waals surface area contributed by atoms with Crippen molar-refractivity contribution in [3.05, 3.63) is 106 Å². The molecule has 3 aromatic carbocycles. The third-order valence-corrected chi connectivity index (χ3v) is 7.15. The van der Waals surface area contributed by atoms with Gasteiger partial charge in [-0.1, -0.05) is 29.4 Å². The van der Waals surface area contributed by atoms with E-state index in [1.54, 1.807) is 31.2 Å². The minimum atomic E-state index is -0.612. The summed E-state index contributed by atoms with van der Waals surface area (Å²) in [5.74, 6) is 0.166. The molecule has 39 heavy (non-hydrogen) atoms. The van der Waals surface area contributed by atoms with Gasteiger partial charge in [-0.15, -0.1) is 0 Å². The van der Waals surface area contributed by atoms with Gasteiger partial charge in [0.2, 0.25) is 5.89 Å². The van der Waals surface area contributed by atoms with Crippen molar-refractivity contribution in [2.75, 3.05) is 0 Å². The van der Waals surface area contributed by atoms with Crippen molar-refractivity contribution in [1.29, 1.82) is 0 Å².